The van der Waals surface area contributed by atoms with Crippen molar-refractivity contribution < 1.29 is 9.53 Å². The van der Waals surface area contributed by atoms with Crippen molar-refractivity contribution in [1.82, 2.24) is 10.2 Å². The number of benzene rings is 1. The third-order valence-corrected chi connectivity index (χ3v) is 3.77. The van der Waals surface area contributed by atoms with Gasteiger partial charge in [-0.15, -0.1) is 10.2 Å². The molecule has 0 aliphatic rings. The van der Waals surface area contributed by atoms with Gasteiger partial charge >= 0.3 is 5.97 Å². The van der Waals surface area contributed by atoms with E-state index < -0.39 is 0 Å². The first-order valence-corrected chi connectivity index (χ1v) is 7.63. The average molecular weight is 305 g/mol. The molecule has 21 heavy (non-hydrogen) atoms. The van der Waals surface area contributed by atoms with Crippen LogP contribution in [-0.2, 0) is 17.7 Å². The number of methoxy groups -OCH3 is 1. The molecule has 5 nitrogen and oxygen atoms in total. The highest BCUT2D eigenvalue weighted by Crippen LogP contribution is 2.19. The van der Waals surface area contributed by atoms with Crippen molar-refractivity contribution in [1.29, 1.82) is 0 Å². The predicted molar refractivity (Wildman–Crippen MR) is 83.6 cm³/mol. The molecule has 2 aromatic rings. The zero-order valence-electron chi connectivity index (χ0n) is 12.4. The lowest BCUT2D eigenvalue weighted by Gasteiger charge is -2.04. The lowest BCUT2D eigenvalue weighted by Crippen LogP contribution is -2.02. The molecule has 0 unspecified atom stereocenters. The fraction of sp³-hybridized carbons (Fsp3) is 0.400. The van der Waals surface area contributed by atoms with Crippen LogP contribution in [0.25, 0.3) is 0 Å². The number of rotatable bonds is 6. The molecule has 0 atom stereocenters. The van der Waals surface area contributed by atoms with Gasteiger partial charge in [-0.2, -0.15) is 0 Å². The van der Waals surface area contributed by atoms with Crippen LogP contribution in [0.2, 0.25) is 0 Å². The smallest absolute Gasteiger partial charge is 0.337 e. The third kappa shape index (κ3) is 4.53. The fourth-order valence-electron chi connectivity index (χ4n) is 1.81. The number of nitrogens with one attached hydrogen (secondary N) is 1. The van der Waals surface area contributed by atoms with Gasteiger partial charge < -0.3 is 10.1 Å². The molecule has 1 aromatic carbocycles. The van der Waals surface area contributed by atoms with Crippen molar-refractivity contribution in [2.45, 2.75) is 26.8 Å². The van der Waals surface area contributed by atoms with Gasteiger partial charge in [-0.25, -0.2) is 4.79 Å². The molecule has 1 heterocycles. The first-order chi connectivity index (χ1) is 10.1. The quantitative estimate of drug-likeness (QED) is 0.831. The van der Waals surface area contributed by atoms with E-state index in [9.17, 15) is 4.79 Å². The molecule has 0 amide bonds. The van der Waals surface area contributed by atoms with Crippen LogP contribution in [0.5, 0.6) is 0 Å². The molecule has 0 fully saturated rings. The van der Waals surface area contributed by atoms with E-state index in [1.165, 1.54) is 7.11 Å². The van der Waals surface area contributed by atoms with Crippen molar-refractivity contribution in [3.63, 3.8) is 0 Å². The molecule has 0 bridgehead atoms. The van der Waals surface area contributed by atoms with E-state index in [-0.39, 0.29) is 5.97 Å². The number of aromatic nitrogens is 2. The second-order valence-corrected chi connectivity index (χ2v) is 6.20. The number of ether oxygens (including phenoxy) is 1. The minimum Gasteiger partial charge on any atom is -0.465 e. The topological polar surface area (TPSA) is 64.1 Å². The number of carbonyl (C=O) groups is 1. The van der Waals surface area contributed by atoms with Gasteiger partial charge in [0.1, 0.15) is 5.01 Å². The summed E-state index contributed by atoms with van der Waals surface area (Å²) in [5.41, 5.74) is 1.62. The second-order valence-electron chi connectivity index (χ2n) is 5.14. The van der Waals surface area contributed by atoms with Gasteiger partial charge in [-0.3, -0.25) is 0 Å². The summed E-state index contributed by atoms with van der Waals surface area (Å²) < 4.78 is 4.67. The van der Waals surface area contributed by atoms with Gasteiger partial charge in [0, 0.05) is 13.0 Å². The lowest BCUT2D eigenvalue weighted by molar-refractivity contribution is 0.0600. The van der Waals surface area contributed by atoms with E-state index in [2.05, 4.69) is 34.1 Å². The molecule has 0 aliphatic carbocycles. The zero-order valence-corrected chi connectivity index (χ0v) is 13.2. The Labute approximate surface area is 128 Å². The van der Waals surface area contributed by atoms with Gasteiger partial charge in [0.15, 0.2) is 0 Å². The fourth-order valence-corrected chi connectivity index (χ4v) is 2.76. The molecule has 1 N–H and O–H groups in total. The van der Waals surface area contributed by atoms with Crippen LogP contribution in [0.1, 0.15) is 34.8 Å². The number of hydrogen-bond donors (Lipinski definition) is 1. The maximum absolute atomic E-state index is 11.3. The van der Waals surface area contributed by atoms with E-state index >= 15 is 0 Å². The van der Waals surface area contributed by atoms with E-state index in [1.807, 2.05) is 12.1 Å². The molecule has 112 valence electrons. The number of esters is 1. The normalized spacial score (nSPS) is 10.7. The van der Waals surface area contributed by atoms with Gasteiger partial charge in [0.05, 0.1) is 12.7 Å². The summed E-state index contributed by atoms with van der Waals surface area (Å²) in [6, 6.07) is 7.31. The van der Waals surface area contributed by atoms with Crippen LogP contribution in [0, 0.1) is 5.92 Å². The van der Waals surface area contributed by atoms with Crippen LogP contribution in [0.15, 0.2) is 24.3 Å². The van der Waals surface area contributed by atoms with Crippen LogP contribution in [-0.4, -0.2) is 23.3 Å². The Morgan fingerprint density at radius 2 is 2.00 bits per heavy atom. The Hall–Kier alpha value is -1.95. The van der Waals surface area contributed by atoms with Gasteiger partial charge in [0.2, 0.25) is 5.13 Å². The first kappa shape index (κ1) is 15.4. The largest absolute Gasteiger partial charge is 0.465 e. The summed E-state index contributed by atoms with van der Waals surface area (Å²) in [5, 5.41) is 13.4. The maximum Gasteiger partial charge on any atom is 0.337 e. The molecule has 0 spiro atoms. The van der Waals surface area contributed by atoms with E-state index in [0.29, 0.717) is 18.0 Å². The number of hydrogen-bond acceptors (Lipinski definition) is 6. The van der Waals surface area contributed by atoms with Crippen LogP contribution in [0.4, 0.5) is 5.13 Å². The minimum absolute atomic E-state index is 0.322. The zero-order chi connectivity index (χ0) is 15.2. The van der Waals surface area contributed by atoms with Crippen LogP contribution in [0.3, 0.4) is 0 Å². The predicted octanol–water partition coefficient (Wildman–Crippen LogP) is 3.14. The Bertz CT molecular complexity index is 593. The van der Waals surface area contributed by atoms with Gasteiger partial charge in [0.25, 0.3) is 0 Å². The van der Waals surface area contributed by atoms with Crippen LogP contribution < -0.4 is 5.32 Å². The summed E-state index contributed by atoms with van der Waals surface area (Å²) in [4.78, 5) is 11.3. The molecular formula is C15H19N3O2S. The summed E-state index contributed by atoms with van der Waals surface area (Å²) in [6.07, 6.45) is 0.952. The number of nitrogens with zero attached hydrogens (tertiary/aromatic N) is 2. The number of anilines is 1. The van der Waals surface area contributed by atoms with Crippen molar-refractivity contribution >= 4 is 22.4 Å². The third-order valence-electron chi connectivity index (χ3n) is 2.87. The Balaban J connectivity index is 1.90. The molecule has 2 rings (SSSR count). The Morgan fingerprint density at radius 1 is 1.29 bits per heavy atom. The lowest BCUT2D eigenvalue weighted by atomic mass is 10.1. The summed E-state index contributed by atoms with van der Waals surface area (Å²) in [7, 11) is 1.38. The molecule has 0 aliphatic heterocycles. The summed E-state index contributed by atoms with van der Waals surface area (Å²) >= 11 is 1.58. The Morgan fingerprint density at radius 3 is 2.62 bits per heavy atom. The van der Waals surface area contributed by atoms with Gasteiger partial charge in [-0.1, -0.05) is 37.3 Å². The monoisotopic (exact) mass is 305 g/mol. The highest BCUT2D eigenvalue weighted by molar-refractivity contribution is 7.15. The standard InChI is InChI=1S/C15H19N3O2S/c1-10(2)8-13-17-18-15(21-13)16-9-11-4-6-12(7-5-11)14(19)20-3/h4-7,10H,8-9H2,1-3H3,(H,16,18). The molecular weight excluding hydrogens is 286 g/mol. The highest BCUT2D eigenvalue weighted by Gasteiger charge is 2.07. The van der Waals surface area contributed by atoms with Crippen molar-refractivity contribution in [2.75, 3.05) is 12.4 Å². The average Bonchev–Trinajstić information content (AvgIpc) is 2.91. The SMILES string of the molecule is COC(=O)c1ccc(CNc2nnc(CC(C)C)s2)cc1. The molecule has 0 saturated heterocycles. The van der Waals surface area contributed by atoms with E-state index in [0.717, 1.165) is 22.1 Å². The highest BCUT2D eigenvalue weighted by atomic mass is 32.1. The van der Waals surface area contributed by atoms with Crippen molar-refractivity contribution in [3.05, 3.63) is 40.4 Å². The summed E-state index contributed by atoms with van der Waals surface area (Å²) in [5.74, 6) is 0.258. The number of carbonyl (C=O) groups excluding carboxylic acids is 1. The van der Waals surface area contributed by atoms with Crippen molar-refractivity contribution in [2.24, 2.45) is 5.92 Å². The Kier molecular flexibility index (Phi) is 5.27. The second kappa shape index (κ2) is 7.17. The molecule has 1 aromatic heterocycles. The minimum atomic E-state index is -0.322. The van der Waals surface area contributed by atoms with Gasteiger partial charge in [-0.05, 0) is 23.6 Å². The first-order valence-electron chi connectivity index (χ1n) is 6.82. The van der Waals surface area contributed by atoms with Crippen molar-refractivity contribution in [3.8, 4) is 0 Å². The molecule has 0 saturated carbocycles. The molecule has 6 heteroatoms. The van der Waals surface area contributed by atoms with E-state index in [1.54, 1.807) is 23.5 Å². The summed E-state index contributed by atoms with van der Waals surface area (Å²) in [6.45, 7) is 4.98. The van der Waals surface area contributed by atoms with E-state index in [4.69, 9.17) is 0 Å². The maximum atomic E-state index is 11.3. The molecule has 0 radical (unpaired) electrons. The van der Waals surface area contributed by atoms with Crippen LogP contribution >= 0.6 is 11.3 Å².